The Morgan fingerprint density at radius 3 is 3.00 bits per heavy atom. The minimum atomic E-state index is 0.284. The summed E-state index contributed by atoms with van der Waals surface area (Å²) in [6.45, 7) is 7.11. The van der Waals surface area contributed by atoms with E-state index in [2.05, 4.69) is 24.3 Å². The van der Waals surface area contributed by atoms with Gasteiger partial charge in [0, 0.05) is 13.2 Å². The van der Waals surface area contributed by atoms with Gasteiger partial charge in [0.2, 0.25) is 0 Å². The fraction of sp³-hybridized carbons (Fsp3) is 0.812. The van der Waals surface area contributed by atoms with Crippen molar-refractivity contribution in [1.29, 1.82) is 0 Å². The number of ether oxygens (including phenoxy) is 2. The molecule has 1 aromatic heterocycles. The highest BCUT2D eigenvalue weighted by molar-refractivity contribution is 5.28. The summed E-state index contributed by atoms with van der Waals surface area (Å²) in [6, 6.07) is 0.284. The number of hydrogen-bond donors (Lipinski definition) is 1. The number of aryl methyl sites for hydroxylation is 1. The molecule has 0 bridgehead atoms. The Morgan fingerprint density at radius 1 is 1.52 bits per heavy atom. The van der Waals surface area contributed by atoms with Crippen LogP contribution in [0.2, 0.25) is 0 Å². The molecule has 0 spiro atoms. The molecule has 1 fully saturated rings. The highest BCUT2D eigenvalue weighted by Crippen LogP contribution is 2.30. The van der Waals surface area contributed by atoms with Gasteiger partial charge in [-0.05, 0) is 45.6 Å². The maximum absolute atomic E-state index is 5.76. The second kappa shape index (κ2) is 8.39. The number of hydrogen-bond acceptors (Lipinski definition) is 4. The molecule has 0 amide bonds. The average Bonchev–Trinajstić information content (AvgIpc) is 3.16. The number of nitrogens with one attached hydrogen (secondary N) is 1. The summed E-state index contributed by atoms with van der Waals surface area (Å²) in [6.07, 6.45) is 7.94. The van der Waals surface area contributed by atoms with E-state index in [0.717, 1.165) is 44.7 Å². The second-order valence-corrected chi connectivity index (χ2v) is 5.63. The van der Waals surface area contributed by atoms with E-state index in [-0.39, 0.29) is 6.04 Å². The van der Waals surface area contributed by atoms with Crippen LogP contribution in [0.1, 0.15) is 57.7 Å². The van der Waals surface area contributed by atoms with Crippen molar-refractivity contribution < 1.29 is 9.47 Å². The fourth-order valence-electron chi connectivity index (χ4n) is 3.02. The summed E-state index contributed by atoms with van der Waals surface area (Å²) in [5.74, 6) is 0.887. The molecule has 0 saturated carbocycles. The van der Waals surface area contributed by atoms with Crippen molar-refractivity contribution in [3.63, 3.8) is 0 Å². The predicted molar refractivity (Wildman–Crippen MR) is 83.7 cm³/mol. The van der Waals surface area contributed by atoms with E-state index in [4.69, 9.17) is 9.47 Å². The van der Waals surface area contributed by atoms with Crippen LogP contribution in [0.3, 0.4) is 0 Å². The van der Waals surface area contributed by atoms with Gasteiger partial charge in [0.25, 0.3) is 0 Å². The first-order valence-corrected chi connectivity index (χ1v) is 8.24. The molecule has 2 heterocycles. The Bertz CT molecular complexity index is 392. The maximum Gasteiger partial charge on any atom is 0.161 e. The fourth-order valence-corrected chi connectivity index (χ4v) is 3.02. The zero-order chi connectivity index (χ0) is 15.1. The van der Waals surface area contributed by atoms with E-state index in [1.807, 2.05) is 10.9 Å². The van der Waals surface area contributed by atoms with Gasteiger partial charge in [0.15, 0.2) is 5.75 Å². The van der Waals surface area contributed by atoms with Gasteiger partial charge in [0.1, 0.15) is 0 Å². The largest absolute Gasteiger partial charge is 0.493 e. The molecule has 21 heavy (non-hydrogen) atoms. The van der Waals surface area contributed by atoms with Gasteiger partial charge in [-0.3, -0.25) is 4.68 Å². The molecule has 1 N–H and O–H groups in total. The van der Waals surface area contributed by atoms with Crippen molar-refractivity contribution in [3.8, 4) is 5.75 Å². The third-order valence-electron chi connectivity index (χ3n) is 4.14. The van der Waals surface area contributed by atoms with Gasteiger partial charge < -0.3 is 14.8 Å². The molecule has 0 aromatic carbocycles. The molecule has 120 valence electrons. The van der Waals surface area contributed by atoms with Crippen LogP contribution in [0.5, 0.6) is 5.75 Å². The van der Waals surface area contributed by atoms with Gasteiger partial charge in [-0.15, -0.1) is 0 Å². The molecule has 5 nitrogen and oxygen atoms in total. The molecule has 2 unspecified atom stereocenters. The molecular formula is C16H29N3O2. The highest BCUT2D eigenvalue weighted by atomic mass is 16.5. The summed E-state index contributed by atoms with van der Waals surface area (Å²) in [7, 11) is 1.72. The monoisotopic (exact) mass is 295 g/mol. The smallest absolute Gasteiger partial charge is 0.161 e. The average molecular weight is 295 g/mol. The van der Waals surface area contributed by atoms with E-state index < -0.39 is 0 Å². The molecule has 1 aliphatic heterocycles. The number of aromatic nitrogens is 2. The summed E-state index contributed by atoms with van der Waals surface area (Å²) < 4.78 is 13.3. The summed E-state index contributed by atoms with van der Waals surface area (Å²) >= 11 is 0. The van der Waals surface area contributed by atoms with E-state index >= 15 is 0 Å². The van der Waals surface area contributed by atoms with Gasteiger partial charge >= 0.3 is 0 Å². The van der Waals surface area contributed by atoms with Gasteiger partial charge in [0.05, 0.1) is 31.1 Å². The third kappa shape index (κ3) is 4.20. The van der Waals surface area contributed by atoms with Crippen molar-refractivity contribution in [2.45, 2.75) is 64.6 Å². The maximum atomic E-state index is 5.76. The van der Waals surface area contributed by atoms with Crippen molar-refractivity contribution >= 4 is 0 Å². The molecule has 1 saturated heterocycles. The Kier molecular flexibility index (Phi) is 6.51. The molecule has 2 atom stereocenters. The molecule has 0 aliphatic carbocycles. The van der Waals surface area contributed by atoms with Gasteiger partial charge in [-0.25, -0.2) is 0 Å². The minimum Gasteiger partial charge on any atom is -0.493 e. The van der Waals surface area contributed by atoms with Crippen LogP contribution in [0.15, 0.2) is 6.20 Å². The van der Waals surface area contributed by atoms with Gasteiger partial charge in [-0.2, -0.15) is 5.10 Å². The third-order valence-corrected chi connectivity index (χ3v) is 4.14. The van der Waals surface area contributed by atoms with Crippen LogP contribution in [0.25, 0.3) is 0 Å². The van der Waals surface area contributed by atoms with Crippen LogP contribution in [-0.2, 0) is 11.3 Å². The summed E-state index contributed by atoms with van der Waals surface area (Å²) in [5.41, 5.74) is 1.17. The van der Waals surface area contributed by atoms with Crippen LogP contribution in [0.4, 0.5) is 0 Å². The normalized spacial score (nSPS) is 19.9. The van der Waals surface area contributed by atoms with Crippen molar-refractivity contribution in [2.24, 2.45) is 0 Å². The SMILES string of the molecule is CCCNC(CCC1CCCO1)c1c(OC)cnn1CC. The Balaban J connectivity index is 2.08. The van der Waals surface area contributed by atoms with Gasteiger partial charge in [-0.1, -0.05) is 6.92 Å². The minimum absolute atomic E-state index is 0.284. The first kappa shape index (κ1) is 16.3. The number of rotatable bonds is 9. The summed E-state index contributed by atoms with van der Waals surface area (Å²) in [4.78, 5) is 0. The molecular weight excluding hydrogens is 266 g/mol. The lowest BCUT2D eigenvalue weighted by Gasteiger charge is -2.22. The van der Waals surface area contributed by atoms with Crippen LogP contribution in [-0.4, -0.2) is 36.1 Å². The predicted octanol–water partition coefficient (Wildman–Crippen LogP) is 2.91. The topological polar surface area (TPSA) is 48.3 Å². The molecule has 2 rings (SSSR count). The Labute approximate surface area is 128 Å². The highest BCUT2D eigenvalue weighted by Gasteiger charge is 2.23. The lowest BCUT2D eigenvalue weighted by Crippen LogP contribution is -2.26. The van der Waals surface area contributed by atoms with Crippen LogP contribution < -0.4 is 10.1 Å². The van der Waals surface area contributed by atoms with Crippen LogP contribution >= 0.6 is 0 Å². The van der Waals surface area contributed by atoms with E-state index in [0.29, 0.717) is 6.10 Å². The second-order valence-electron chi connectivity index (χ2n) is 5.63. The lowest BCUT2D eigenvalue weighted by atomic mass is 10.0. The van der Waals surface area contributed by atoms with E-state index in [9.17, 15) is 0 Å². The summed E-state index contributed by atoms with van der Waals surface area (Å²) in [5, 5.41) is 8.08. The zero-order valence-electron chi connectivity index (χ0n) is 13.6. The van der Waals surface area contributed by atoms with Crippen molar-refractivity contribution in [1.82, 2.24) is 15.1 Å². The van der Waals surface area contributed by atoms with E-state index in [1.165, 1.54) is 18.5 Å². The quantitative estimate of drug-likeness (QED) is 0.761. The molecule has 0 radical (unpaired) electrons. The molecule has 5 heteroatoms. The van der Waals surface area contributed by atoms with Crippen molar-refractivity contribution in [2.75, 3.05) is 20.3 Å². The first-order chi connectivity index (χ1) is 10.3. The Morgan fingerprint density at radius 2 is 2.38 bits per heavy atom. The van der Waals surface area contributed by atoms with E-state index in [1.54, 1.807) is 7.11 Å². The number of methoxy groups -OCH3 is 1. The van der Waals surface area contributed by atoms with Crippen molar-refractivity contribution in [3.05, 3.63) is 11.9 Å². The Hall–Kier alpha value is -1.07. The number of nitrogens with zero attached hydrogens (tertiary/aromatic N) is 2. The van der Waals surface area contributed by atoms with Crippen LogP contribution in [0, 0.1) is 0 Å². The first-order valence-electron chi connectivity index (χ1n) is 8.24. The standard InChI is InChI=1S/C16H29N3O2/c1-4-10-17-14(9-8-13-7-6-11-21-13)16-15(20-3)12-18-19(16)5-2/h12-14,17H,4-11H2,1-3H3. The zero-order valence-corrected chi connectivity index (χ0v) is 13.6. The lowest BCUT2D eigenvalue weighted by molar-refractivity contribution is 0.0992. The molecule has 1 aliphatic rings. The molecule has 1 aromatic rings.